The molecule has 20 heavy (non-hydrogen) atoms. The minimum Gasteiger partial charge on any atom is -0.366 e. The summed E-state index contributed by atoms with van der Waals surface area (Å²) in [4.78, 5) is 26.8. The first-order valence-electron chi connectivity index (χ1n) is 5.49. The van der Waals surface area contributed by atoms with E-state index < -0.39 is 5.91 Å². The average molecular weight is 310 g/mol. The Hall–Kier alpha value is -2.11. The van der Waals surface area contributed by atoms with Crippen LogP contribution in [0.15, 0.2) is 36.5 Å². The van der Waals surface area contributed by atoms with Gasteiger partial charge < -0.3 is 11.1 Å². The molecule has 2 aromatic rings. The highest BCUT2D eigenvalue weighted by Gasteiger charge is 2.10. The van der Waals surface area contributed by atoms with Crippen molar-refractivity contribution in [1.82, 2.24) is 4.98 Å². The number of halogens is 2. The molecule has 0 aliphatic rings. The number of benzene rings is 1. The Balaban J connectivity index is 2.20. The first-order chi connectivity index (χ1) is 9.47. The van der Waals surface area contributed by atoms with Crippen LogP contribution in [0.4, 0.5) is 5.69 Å². The maximum Gasteiger partial charge on any atom is 0.255 e. The summed E-state index contributed by atoms with van der Waals surface area (Å²) in [6, 6.07) is 7.39. The molecule has 0 radical (unpaired) electrons. The van der Waals surface area contributed by atoms with Gasteiger partial charge in [0.05, 0.1) is 10.6 Å². The van der Waals surface area contributed by atoms with Crippen molar-refractivity contribution >= 4 is 40.7 Å². The predicted molar refractivity (Wildman–Crippen MR) is 77.2 cm³/mol. The van der Waals surface area contributed by atoms with E-state index in [9.17, 15) is 9.59 Å². The number of carbonyl (C=O) groups excluding carboxylic acids is 2. The number of hydrogen-bond acceptors (Lipinski definition) is 3. The van der Waals surface area contributed by atoms with Crippen molar-refractivity contribution in [3.8, 4) is 0 Å². The number of nitrogens with two attached hydrogens (primary N) is 1. The minimum atomic E-state index is -0.631. The van der Waals surface area contributed by atoms with Gasteiger partial charge in [-0.05, 0) is 30.3 Å². The highest BCUT2D eigenvalue weighted by Crippen LogP contribution is 2.21. The number of aromatic nitrogens is 1. The smallest absolute Gasteiger partial charge is 0.255 e. The van der Waals surface area contributed by atoms with Crippen LogP contribution in [0.3, 0.4) is 0 Å². The van der Waals surface area contributed by atoms with E-state index in [0.29, 0.717) is 11.3 Å². The van der Waals surface area contributed by atoms with Gasteiger partial charge >= 0.3 is 0 Å². The van der Waals surface area contributed by atoms with Gasteiger partial charge in [-0.15, -0.1) is 0 Å². The Labute approximate surface area is 124 Å². The normalized spacial score (nSPS) is 10.1. The van der Waals surface area contributed by atoms with Gasteiger partial charge in [0.15, 0.2) is 0 Å². The SMILES string of the molecule is NC(=O)c1ccc(NC(=O)c2ccnc(Cl)c2)cc1Cl. The van der Waals surface area contributed by atoms with E-state index in [4.69, 9.17) is 28.9 Å². The fourth-order valence-electron chi connectivity index (χ4n) is 1.54. The van der Waals surface area contributed by atoms with Crippen LogP contribution in [0.1, 0.15) is 20.7 Å². The van der Waals surface area contributed by atoms with E-state index in [1.165, 1.54) is 36.5 Å². The lowest BCUT2D eigenvalue weighted by Gasteiger charge is -2.07. The van der Waals surface area contributed by atoms with Crippen molar-refractivity contribution in [3.05, 3.63) is 57.8 Å². The summed E-state index contributed by atoms with van der Waals surface area (Å²) in [7, 11) is 0. The van der Waals surface area contributed by atoms with Gasteiger partial charge in [0.1, 0.15) is 5.15 Å². The van der Waals surface area contributed by atoms with Crippen LogP contribution in [0.5, 0.6) is 0 Å². The van der Waals surface area contributed by atoms with Crippen molar-refractivity contribution in [2.24, 2.45) is 5.73 Å². The minimum absolute atomic E-state index is 0.170. The van der Waals surface area contributed by atoms with Gasteiger partial charge in [0, 0.05) is 17.4 Å². The number of anilines is 1. The number of hydrogen-bond donors (Lipinski definition) is 2. The van der Waals surface area contributed by atoms with Gasteiger partial charge in [-0.25, -0.2) is 4.98 Å². The second kappa shape index (κ2) is 5.90. The van der Waals surface area contributed by atoms with E-state index >= 15 is 0 Å². The van der Waals surface area contributed by atoms with Crippen LogP contribution in [-0.4, -0.2) is 16.8 Å². The summed E-state index contributed by atoms with van der Waals surface area (Å²) >= 11 is 11.6. The fourth-order valence-corrected chi connectivity index (χ4v) is 1.99. The summed E-state index contributed by atoms with van der Waals surface area (Å²) in [6.07, 6.45) is 1.43. The highest BCUT2D eigenvalue weighted by atomic mass is 35.5. The second-order valence-electron chi connectivity index (χ2n) is 3.88. The Morgan fingerprint density at radius 2 is 1.90 bits per heavy atom. The van der Waals surface area contributed by atoms with Gasteiger partial charge in [-0.1, -0.05) is 23.2 Å². The van der Waals surface area contributed by atoms with Crippen LogP contribution < -0.4 is 11.1 Å². The molecule has 2 rings (SSSR count). The fraction of sp³-hybridized carbons (Fsp3) is 0. The van der Waals surface area contributed by atoms with Crippen LogP contribution in [0, 0.1) is 0 Å². The molecule has 1 heterocycles. The molecule has 5 nitrogen and oxygen atoms in total. The van der Waals surface area contributed by atoms with E-state index in [1.54, 1.807) is 0 Å². The molecular weight excluding hydrogens is 301 g/mol. The number of primary amides is 1. The number of nitrogens with one attached hydrogen (secondary N) is 1. The molecule has 1 aromatic heterocycles. The summed E-state index contributed by atoms with van der Waals surface area (Å²) < 4.78 is 0. The molecule has 0 saturated carbocycles. The lowest BCUT2D eigenvalue weighted by atomic mass is 10.2. The third-order valence-electron chi connectivity index (χ3n) is 2.48. The van der Waals surface area contributed by atoms with Crippen LogP contribution in [-0.2, 0) is 0 Å². The predicted octanol–water partition coefficient (Wildman–Crippen LogP) is 2.74. The Kier molecular flexibility index (Phi) is 4.22. The van der Waals surface area contributed by atoms with E-state index in [2.05, 4.69) is 10.3 Å². The van der Waals surface area contributed by atoms with Crippen molar-refractivity contribution in [2.45, 2.75) is 0 Å². The number of pyridine rings is 1. The Bertz CT molecular complexity index is 689. The zero-order valence-electron chi connectivity index (χ0n) is 10.1. The van der Waals surface area contributed by atoms with E-state index in [1.807, 2.05) is 0 Å². The molecule has 0 aliphatic carbocycles. The second-order valence-corrected chi connectivity index (χ2v) is 4.67. The van der Waals surface area contributed by atoms with Gasteiger partial charge in [0.25, 0.3) is 5.91 Å². The molecule has 0 spiro atoms. The van der Waals surface area contributed by atoms with Crippen molar-refractivity contribution in [1.29, 1.82) is 0 Å². The summed E-state index contributed by atoms with van der Waals surface area (Å²) in [5.41, 5.74) is 6.14. The zero-order valence-corrected chi connectivity index (χ0v) is 11.6. The van der Waals surface area contributed by atoms with E-state index in [-0.39, 0.29) is 21.6 Å². The lowest BCUT2D eigenvalue weighted by Crippen LogP contribution is -2.14. The molecule has 0 aliphatic heterocycles. The van der Waals surface area contributed by atoms with Crippen molar-refractivity contribution in [3.63, 3.8) is 0 Å². The molecule has 0 atom stereocenters. The molecule has 0 fully saturated rings. The van der Waals surface area contributed by atoms with Gasteiger partial charge in [-0.3, -0.25) is 9.59 Å². The molecule has 7 heteroatoms. The topological polar surface area (TPSA) is 85.1 Å². The molecule has 102 valence electrons. The number of carbonyl (C=O) groups is 2. The quantitative estimate of drug-likeness (QED) is 0.855. The molecule has 0 saturated heterocycles. The first-order valence-corrected chi connectivity index (χ1v) is 6.25. The molecule has 0 bridgehead atoms. The van der Waals surface area contributed by atoms with E-state index in [0.717, 1.165) is 0 Å². The lowest BCUT2D eigenvalue weighted by molar-refractivity contribution is 0.0998. The Morgan fingerprint density at radius 1 is 1.15 bits per heavy atom. The molecule has 2 amide bonds. The van der Waals surface area contributed by atoms with Crippen molar-refractivity contribution < 1.29 is 9.59 Å². The molecule has 0 unspecified atom stereocenters. The summed E-state index contributed by atoms with van der Waals surface area (Å²) in [5, 5.41) is 3.02. The maximum atomic E-state index is 12.0. The summed E-state index contributed by atoms with van der Waals surface area (Å²) in [6.45, 7) is 0. The van der Waals surface area contributed by atoms with Crippen LogP contribution >= 0.6 is 23.2 Å². The number of rotatable bonds is 3. The largest absolute Gasteiger partial charge is 0.366 e. The standard InChI is InChI=1S/C13H9Cl2N3O2/c14-10-6-8(1-2-9(10)12(16)19)18-13(20)7-3-4-17-11(15)5-7/h1-6H,(H2,16,19)(H,18,20). The third kappa shape index (κ3) is 3.26. The van der Waals surface area contributed by atoms with Gasteiger partial charge in [-0.2, -0.15) is 0 Å². The number of amides is 2. The molecule has 1 aromatic carbocycles. The van der Waals surface area contributed by atoms with Crippen LogP contribution in [0.25, 0.3) is 0 Å². The Morgan fingerprint density at radius 3 is 2.50 bits per heavy atom. The average Bonchev–Trinajstić information content (AvgIpc) is 2.38. The highest BCUT2D eigenvalue weighted by molar-refractivity contribution is 6.34. The summed E-state index contributed by atoms with van der Waals surface area (Å²) in [5.74, 6) is -0.994. The molecular formula is C13H9Cl2N3O2. The molecule has 3 N–H and O–H groups in total. The van der Waals surface area contributed by atoms with Crippen LogP contribution in [0.2, 0.25) is 10.2 Å². The third-order valence-corrected chi connectivity index (χ3v) is 3.00. The van der Waals surface area contributed by atoms with Crippen molar-refractivity contribution in [2.75, 3.05) is 5.32 Å². The maximum absolute atomic E-state index is 12.0. The first kappa shape index (κ1) is 14.3. The number of nitrogens with zero attached hydrogens (tertiary/aromatic N) is 1. The monoisotopic (exact) mass is 309 g/mol. The van der Waals surface area contributed by atoms with Gasteiger partial charge in [0.2, 0.25) is 5.91 Å². The zero-order chi connectivity index (χ0) is 14.7.